The van der Waals surface area contributed by atoms with Crippen LogP contribution in [0.25, 0.3) is 11.3 Å². The summed E-state index contributed by atoms with van der Waals surface area (Å²) in [6.07, 6.45) is -0.370. The summed E-state index contributed by atoms with van der Waals surface area (Å²) in [6, 6.07) is 9.32. The fourth-order valence-electron chi connectivity index (χ4n) is 2.85. The fourth-order valence-corrected chi connectivity index (χ4v) is 2.85. The lowest BCUT2D eigenvalue weighted by Crippen LogP contribution is -3.00. The summed E-state index contributed by atoms with van der Waals surface area (Å²) in [5, 5.41) is 10.8. The van der Waals surface area contributed by atoms with Crippen molar-refractivity contribution in [3.8, 4) is 11.3 Å². The second-order valence-electron chi connectivity index (χ2n) is 7.01. The van der Waals surface area contributed by atoms with E-state index in [-0.39, 0.29) is 42.5 Å². The van der Waals surface area contributed by atoms with Gasteiger partial charge in [-0.05, 0) is 38.1 Å². The molecule has 0 aliphatic heterocycles. The predicted molar refractivity (Wildman–Crippen MR) is 104 cm³/mol. The zero-order valence-electron chi connectivity index (χ0n) is 17.1. The van der Waals surface area contributed by atoms with Crippen LogP contribution in [0.1, 0.15) is 24.4 Å². The van der Waals surface area contributed by atoms with E-state index in [2.05, 4.69) is 0 Å². The summed E-state index contributed by atoms with van der Waals surface area (Å²) in [6.45, 7) is 5.64. The van der Waals surface area contributed by atoms with Gasteiger partial charge in [-0.3, -0.25) is 14.9 Å². The van der Waals surface area contributed by atoms with Gasteiger partial charge in [0.15, 0.2) is 5.76 Å². The highest BCUT2D eigenvalue weighted by molar-refractivity contribution is 5.95. The van der Waals surface area contributed by atoms with Crippen LogP contribution in [0.3, 0.4) is 0 Å². The average Bonchev–Trinajstić information content (AvgIpc) is 3.12. The van der Waals surface area contributed by atoms with E-state index >= 15 is 0 Å². The number of benzene rings is 1. The first kappa shape index (κ1) is 24.8. The Bertz CT molecular complexity index is 798. The Morgan fingerprint density at radius 2 is 1.69 bits per heavy atom. The number of halogens is 1. The first-order valence-corrected chi connectivity index (χ1v) is 9.18. The lowest BCUT2D eigenvalue weighted by molar-refractivity contribution is -0.888. The van der Waals surface area contributed by atoms with E-state index in [0.29, 0.717) is 35.6 Å². The third kappa shape index (κ3) is 7.25. The number of non-ortho nitro benzene ring substituents is 1. The van der Waals surface area contributed by atoms with E-state index in [0.717, 1.165) is 0 Å². The molecule has 9 heteroatoms. The van der Waals surface area contributed by atoms with Crippen molar-refractivity contribution in [2.45, 2.75) is 20.1 Å². The summed E-state index contributed by atoms with van der Waals surface area (Å²) in [5.74, 6) is 0.610. The van der Waals surface area contributed by atoms with E-state index in [1.54, 1.807) is 24.3 Å². The zero-order valence-corrected chi connectivity index (χ0v) is 17.8. The monoisotopic (exact) mass is 426 g/mol. The van der Waals surface area contributed by atoms with E-state index < -0.39 is 4.92 Å². The van der Waals surface area contributed by atoms with Crippen LogP contribution in [0.2, 0.25) is 0 Å². The molecule has 0 unspecified atom stereocenters. The Labute approximate surface area is 176 Å². The number of hydrogen-bond acceptors (Lipinski definition) is 6. The van der Waals surface area contributed by atoms with Gasteiger partial charge >= 0.3 is 0 Å². The van der Waals surface area contributed by atoms with Crippen molar-refractivity contribution >= 4 is 11.5 Å². The second kappa shape index (κ2) is 11.1. The quantitative estimate of drug-likeness (QED) is 0.171. The van der Waals surface area contributed by atoms with Gasteiger partial charge in [0.1, 0.15) is 18.8 Å². The third-order valence-electron chi connectivity index (χ3n) is 4.16. The summed E-state index contributed by atoms with van der Waals surface area (Å²) in [5.41, 5.74) is 0.676. The number of likely N-dealkylation sites (N-methyl/N-ethyl adjacent to an activating group) is 1. The van der Waals surface area contributed by atoms with Crippen molar-refractivity contribution in [1.82, 2.24) is 0 Å². The Morgan fingerprint density at radius 3 is 2.21 bits per heavy atom. The summed E-state index contributed by atoms with van der Waals surface area (Å²) in [4.78, 5) is 23.0. The van der Waals surface area contributed by atoms with Crippen molar-refractivity contribution in [2.75, 3.05) is 40.4 Å². The Morgan fingerprint density at radius 1 is 1.10 bits per heavy atom. The molecule has 0 N–H and O–H groups in total. The maximum Gasteiger partial charge on any atom is 0.269 e. The maximum atomic E-state index is 12.7. The van der Waals surface area contributed by atoms with Gasteiger partial charge in [0.05, 0.1) is 19.0 Å². The van der Waals surface area contributed by atoms with Gasteiger partial charge in [-0.15, -0.1) is 0 Å². The van der Waals surface area contributed by atoms with Gasteiger partial charge in [0.25, 0.3) is 11.5 Å². The molecule has 1 aromatic heterocycles. The number of rotatable bonds is 11. The standard InChI is InChI=1S/C20H27N2O6.ClH/c1-5-26-20(27-6-2)14-22(3,4)13-17(23)19-12-11-18(28-19)15-7-9-16(10-8-15)21(24)25;/h7-12,20H,5-6,13-14H2,1-4H3;1H/q+1;/p-1. The van der Waals surface area contributed by atoms with Crippen LogP contribution in [-0.4, -0.2) is 61.9 Å². The molecule has 29 heavy (non-hydrogen) atoms. The number of nitrogens with zero attached hydrogens (tertiary/aromatic N) is 2. The lowest BCUT2D eigenvalue weighted by Gasteiger charge is -2.32. The second-order valence-corrected chi connectivity index (χ2v) is 7.01. The first-order chi connectivity index (χ1) is 13.3. The molecule has 0 bridgehead atoms. The zero-order chi connectivity index (χ0) is 20.7. The number of nitro groups is 1. The van der Waals surface area contributed by atoms with Crippen molar-refractivity contribution < 1.29 is 40.5 Å². The molecule has 160 valence electrons. The molecule has 1 heterocycles. The predicted octanol–water partition coefficient (Wildman–Crippen LogP) is 0.517. The van der Waals surface area contributed by atoms with Crippen LogP contribution in [-0.2, 0) is 9.47 Å². The normalized spacial score (nSPS) is 11.3. The molecule has 0 saturated carbocycles. The van der Waals surface area contributed by atoms with Gasteiger partial charge in [0, 0.05) is 30.9 Å². The largest absolute Gasteiger partial charge is 1.00 e. The molecule has 2 aromatic rings. The minimum atomic E-state index is -0.460. The van der Waals surface area contributed by atoms with Gasteiger partial charge < -0.3 is 30.8 Å². The van der Waals surface area contributed by atoms with Gasteiger partial charge in [-0.25, -0.2) is 0 Å². The topological polar surface area (TPSA) is 91.8 Å². The summed E-state index contributed by atoms with van der Waals surface area (Å²) >= 11 is 0. The molecule has 0 saturated heterocycles. The molecule has 1 aromatic carbocycles. The minimum Gasteiger partial charge on any atom is -1.00 e. The van der Waals surface area contributed by atoms with Crippen molar-refractivity contribution in [3.63, 3.8) is 0 Å². The molecule has 0 radical (unpaired) electrons. The Hall–Kier alpha value is -2.26. The third-order valence-corrected chi connectivity index (χ3v) is 4.16. The maximum absolute atomic E-state index is 12.7. The lowest BCUT2D eigenvalue weighted by atomic mass is 10.1. The minimum absolute atomic E-state index is 0. The fraction of sp³-hybridized carbons (Fsp3) is 0.450. The SMILES string of the molecule is CCOC(C[N+](C)(C)CC(=O)c1ccc(-c2ccc([N+](=O)[O-])cc2)o1)OCC.[Cl-]. The molecular formula is C20H27ClN2O6. The highest BCUT2D eigenvalue weighted by Gasteiger charge is 2.28. The van der Waals surface area contributed by atoms with Crippen molar-refractivity contribution in [3.05, 3.63) is 52.3 Å². The highest BCUT2D eigenvalue weighted by Crippen LogP contribution is 2.25. The number of ether oxygens (including phenoxy) is 2. The highest BCUT2D eigenvalue weighted by atomic mass is 35.5. The Kier molecular flexibility index (Phi) is 9.45. The van der Waals surface area contributed by atoms with Crippen LogP contribution >= 0.6 is 0 Å². The number of ketones is 1. The molecule has 0 atom stereocenters. The molecule has 0 aliphatic carbocycles. The number of hydrogen-bond donors (Lipinski definition) is 0. The van der Waals surface area contributed by atoms with Crippen LogP contribution in [0.4, 0.5) is 5.69 Å². The van der Waals surface area contributed by atoms with E-state index in [1.165, 1.54) is 12.1 Å². The van der Waals surface area contributed by atoms with Crippen LogP contribution < -0.4 is 12.4 Å². The first-order valence-electron chi connectivity index (χ1n) is 9.18. The molecule has 0 fully saturated rings. The number of quaternary nitrogens is 1. The van der Waals surface area contributed by atoms with Crippen molar-refractivity contribution in [2.24, 2.45) is 0 Å². The number of carbonyl (C=O) groups is 1. The van der Waals surface area contributed by atoms with Gasteiger partial charge in [-0.1, -0.05) is 0 Å². The molecule has 2 rings (SSSR count). The molecule has 0 spiro atoms. The summed E-state index contributed by atoms with van der Waals surface area (Å²) < 4.78 is 17.2. The van der Waals surface area contributed by atoms with Crippen molar-refractivity contribution in [1.29, 1.82) is 0 Å². The molecule has 0 amide bonds. The number of furan rings is 1. The smallest absolute Gasteiger partial charge is 0.269 e. The van der Waals surface area contributed by atoms with Crippen LogP contribution in [0.15, 0.2) is 40.8 Å². The van der Waals surface area contributed by atoms with Gasteiger partial charge in [-0.2, -0.15) is 0 Å². The number of carbonyl (C=O) groups excluding carboxylic acids is 1. The Balaban J connectivity index is 0.00000420. The number of Topliss-reactive ketones (excluding diaryl/α,β-unsaturated/α-hetero) is 1. The average molecular weight is 427 g/mol. The van der Waals surface area contributed by atoms with Crippen LogP contribution in [0, 0.1) is 10.1 Å². The van der Waals surface area contributed by atoms with E-state index in [9.17, 15) is 14.9 Å². The van der Waals surface area contributed by atoms with E-state index in [4.69, 9.17) is 13.9 Å². The number of nitro benzene ring substituents is 1. The summed E-state index contributed by atoms with van der Waals surface area (Å²) in [7, 11) is 3.87. The molecule has 8 nitrogen and oxygen atoms in total. The van der Waals surface area contributed by atoms with Gasteiger partial charge in [0.2, 0.25) is 6.29 Å². The van der Waals surface area contributed by atoms with Crippen LogP contribution in [0.5, 0.6) is 0 Å². The molecular weight excluding hydrogens is 400 g/mol. The molecule has 0 aliphatic rings. The van der Waals surface area contributed by atoms with E-state index in [1.807, 2.05) is 27.9 Å².